The van der Waals surface area contributed by atoms with Gasteiger partial charge in [-0.25, -0.2) is 8.78 Å². The number of hydrogen-bond donors (Lipinski definition) is 2. The van der Waals surface area contributed by atoms with Crippen molar-refractivity contribution >= 4 is 11.6 Å². The van der Waals surface area contributed by atoms with E-state index in [2.05, 4.69) is 10.6 Å². The lowest BCUT2D eigenvalue weighted by Gasteiger charge is -2.12. The van der Waals surface area contributed by atoms with Gasteiger partial charge < -0.3 is 14.8 Å². The van der Waals surface area contributed by atoms with Gasteiger partial charge in [0, 0.05) is 12.1 Å². The monoisotopic (exact) mass is 376 g/mol. The first-order valence-corrected chi connectivity index (χ1v) is 8.67. The van der Waals surface area contributed by atoms with Gasteiger partial charge in [0.15, 0.2) is 0 Å². The fourth-order valence-corrected chi connectivity index (χ4v) is 2.88. The maximum Gasteiger partial charge on any atom is 0.262 e. The van der Waals surface area contributed by atoms with E-state index in [0.29, 0.717) is 18.9 Å². The van der Waals surface area contributed by atoms with E-state index in [4.69, 9.17) is 9.47 Å². The molecule has 1 saturated heterocycles. The van der Waals surface area contributed by atoms with Crippen molar-refractivity contribution in [2.24, 2.45) is 0 Å². The lowest BCUT2D eigenvalue weighted by molar-refractivity contribution is -0.118. The molecule has 0 bridgehead atoms. The van der Waals surface area contributed by atoms with Crippen LogP contribution in [0.2, 0.25) is 0 Å². The maximum atomic E-state index is 13.2. The molecule has 0 aliphatic carbocycles. The minimum Gasteiger partial charge on any atom is -0.497 e. The van der Waals surface area contributed by atoms with Gasteiger partial charge in [0.25, 0.3) is 5.92 Å². The summed E-state index contributed by atoms with van der Waals surface area (Å²) in [5, 5.41) is 5.23. The summed E-state index contributed by atoms with van der Waals surface area (Å²) < 4.78 is 37.2. The summed E-state index contributed by atoms with van der Waals surface area (Å²) in [5.41, 5.74) is 2.46. The average Bonchev–Trinajstić information content (AvgIpc) is 3.03. The van der Waals surface area contributed by atoms with Gasteiger partial charge in [0.1, 0.15) is 5.75 Å². The van der Waals surface area contributed by atoms with Crippen LogP contribution in [0.25, 0.3) is 0 Å². The Morgan fingerprint density at radius 2 is 1.93 bits per heavy atom. The van der Waals surface area contributed by atoms with Crippen LogP contribution in [0.3, 0.4) is 0 Å². The van der Waals surface area contributed by atoms with Crippen molar-refractivity contribution in [3.05, 3.63) is 59.7 Å². The summed E-state index contributed by atoms with van der Waals surface area (Å²) in [5.74, 6) is -2.50. The van der Waals surface area contributed by atoms with Crippen molar-refractivity contribution in [2.45, 2.75) is 31.6 Å². The first-order chi connectivity index (χ1) is 12.9. The molecule has 5 nitrogen and oxygen atoms in total. The van der Waals surface area contributed by atoms with Crippen LogP contribution in [-0.4, -0.2) is 31.5 Å². The zero-order valence-electron chi connectivity index (χ0n) is 15.0. The molecule has 1 fully saturated rings. The first kappa shape index (κ1) is 19.3. The van der Waals surface area contributed by atoms with E-state index in [1.807, 2.05) is 30.3 Å². The Labute approximate surface area is 156 Å². The Hall–Kier alpha value is -2.51. The molecule has 0 saturated carbocycles. The molecule has 1 heterocycles. The Balaban J connectivity index is 1.50. The third-order valence-corrected chi connectivity index (χ3v) is 4.32. The van der Waals surface area contributed by atoms with Crippen LogP contribution in [0, 0.1) is 0 Å². The van der Waals surface area contributed by atoms with Crippen molar-refractivity contribution < 1.29 is 23.0 Å². The molecule has 0 aromatic heterocycles. The van der Waals surface area contributed by atoms with E-state index in [9.17, 15) is 13.6 Å². The predicted octanol–water partition coefficient (Wildman–Crippen LogP) is 3.35. The third-order valence-electron chi connectivity index (χ3n) is 4.32. The molecule has 27 heavy (non-hydrogen) atoms. The Morgan fingerprint density at radius 3 is 2.59 bits per heavy atom. The summed E-state index contributed by atoms with van der Waals surface area (Å²) in [7, 11) is 1.62. The van der Waals surface area contributed by atoms with Crippen molar-refractivity contribution in [1.29, 1.82) is 0 Å². The zero-order chi connectivity index (χ0) is 19.3. The minimum atomic E-state index is -2.83. The van der Waals surface area contributed by atoms with Crippen LogP contribution >= 0.6 is 0 Å². The van der Waals surface area contributed by atoms with Crippen LogP contribution in [0.15, 0.2) is 48.5 Å². The SMILES string of the molecule is COc1ccc(COCc2cccc(NC(=O)C3CC(F)(F)CN3)c2)cc1. The fraction of sp³-hybridized carbons (Fsp3) is 0.350. The molecule has 0 radical (unpaired) electrons. The third kappa shape index (κ3) is 5.48. The molecule has 2 N–H and O–H groups in total. The Morgan fingerprint density at radius 1 is 1.19 bits per heavy atom. The standard InChI is InChI=1S/C20H22F2N2O3/c1-26-17-7-5-14(6-8-17)11-27-12-15-3-2-4-16(9-15)24-19(25)18-10-20(21,22)13-23-18/h2-9,18,23H,10-13H2,1H3,(H,24,25). The van der Waals surface area contributed by atoms with Crippen LogP contribution in [0.4, 0.5) is 14.5 Å². The maximum absolute atomic E-state index is 13.2. The average molecular weight is 376 g/mol. The van der Waals surface area contributed by atoms with Crippen LogP contribution in [0.5, 0.6) is 5.75 Å². The molecule has 3 rings (SSSR count). The number of rotatable bonds is 7. The molecular weight excluding hydrogens is 354 g/mol. The topological polar surface area (TPSA) is 59.6 Å². The second-order valence-electron chi connectivity index (χ2n) is 6.52. The van der Waals surface area contributed by atoms with Crippen molar-refractivity contribution in [3.8, 4) is 5.75 Å². The largest absolute Gasteiger partial charge is 0.497 e. The number of carbonyl (C=O) groups excluding carboxylic acids is 1. The van der Waals surface area contributed by atoms with Crippen LogP contribution < -0.4 is 15.4 Å². The summed E-state index contributed by atoms with van der Waals surface area (Å²) >= 11 is 0. The number of ether oxygens (including phenoxy) is 2. The number of hydrogen-bond acceptors (Lipinski definition) is 4. The number of benzene rings is 2. The normalized spacial score (nSPS) is 18.3. The molecule has 1 amide bonds. The molecule has 2 aromatic carbocycles. The summed E-state index contributed by atoms with van der Waals surface area (Å²) in [6.07, 6.45) is -0.483. The molecule has 1 aliphatic heterocycles. The molecule has 2 aromatic rings. The van der Waals surface area contributed by atoms with Gasteiger partial charge >= 0.3 is 0 Å². The number of alkyl halides is 2. The lowest BCUT2D eigenvalue weighted by atomic mass is 10.1. The van der Waals surface area contributed by atoms with Gasteiger partial charge in [-0.2, -0.15) is 0 Å². The predicted molar refractivity (Wildman–Crippen MR) is 97.9 cm³/mol. The molecule has 0 spiro atoms. The number of halogens is 2. The van der Waals surface area contributed by atoms with E-state index in [1.54, 1.807) is 25.3 Å². The Kier molecular flexibility index (Phi) is 6.03. The fourth-order valence-electron chi connectivity index (χ4n) is 2.88. The second kappa shape index (κ2) is 8.45. The first-order valence-electron chi connectivity index (χ1n) is 8.67. The van der Waals surface area contributed by atoms with Gasteiger partial charge in [-0.15, -0.1) is 0 Å². The van der Waals surface area contributed by atoms with E-state index in [-0.39, 0.29) is 0 Å². The van der Waals surface area contributed by atoms with Crippen LogP contribution in [0.1, 0.15) is 17.5 Å². The highest BCUT2D eigenvalue weighted by molar-refractivity contribution is 5.95. The van der Waals surface area contributed by atoms with Crippen LogP contribution in [-0.2, 0) is 22.7 Å². The Bertz CT molecular complexity index is 781. The van der Waals surface area contributed by atoms with E-state index >= 15 is 0 Å². The van der Waals surface area contributed by atoms with Crippen molar-refractivity contribution in [2.75, 3.05) is 19.0 Å². The zero-order valence-corrected chi connectivity index (χ0v) is 15.0. The lowest BCUT2D eigenvalue weighted by Crippen LogP contribution is -2.35. The quantitative estimate of drug-likeness (QED) is 0.778. The van der Waals surface area contributed by atoms with Gasteiger partial charge in [0.05, 0.1) is 32.9 Å². The van der Waals surface area contributed by atoms with Gasteiger partial charge in [0.2, 0.25) is 5.91 Å². The van der Waals surface area contributed by atoms with Gasteiger partial charge in [-0.3, -0.25) is 10.1 Å². The highest BCUT2D eigenvalue weighted by Gasteiger charge is 2.42. The van der Waals surface area contributed by atoms with E-state index < -0.39 is 30.8 Å². The summed E-state index contributed by atoms with van der Waals surface area (Å²) in [6, 6.07) is 13.9. The number of anilines is 1. The summed E-state index contributed by atoms with van der Waals surface area (Å²) in [4.78, 5) is 12.1. The number of carbonyl (C=O) groups is 1. The second-order valence-corrected chi connectivity index (χ2v) is 6.52. The summed E-state index contributed by atoms with van der Waals surface area (Å²) in [6.45, 7) is 0.349. The number of methoxy groups -OCH3 is 1. The number of nitrogens with one attached hydrogen (secondary N) is 2. The molecule has 7 heteroatoms. The van der Waals surface area contributed by atoms with Crippen molar-refractivity contribution in [3.63, 3.8) is 0 Å². The highest BCUT2D eigenvalue weighted by atomic mass is 19.3. The molecule has 1 unspecified atom stereocenters. The molecule has 1 atom stereocenters. The molecule has 144 valence electrons. The van der Waals surface area contributed by atoms with E-state index in [0.717, 1.165) is 16.9 Å². The van der Waals surface area contributed by atoms with E-state index in [1.165, 1.54) is 0 Å². The number of amides is 1. The minimum absolute atomic E-state index is 0.371. The molecular formula is C20H22F2N2O3. The van der Waals surface area contributed by atoms with Crippen molar-refractivity contribution in [1.82, 2.24) is 5.32 Å². The highest BCUT2D eigenvalue weighted by Crippen LogP contribution is 2.26. The smallest absolute Gasteiger partial charge is 0.262 e. The molecule has 1 aliphatic rings. The van der Waals surface area contributed by atoms with Gasteiger partial charge in [-0.1, -0.05) is 24.3 Å². The van der Waals surface area contributed by atoms with Gasteiger partial charge in [-0.05, 0) is 35.4 Å².